The number of nitro groups is 1. The molecule has 0 atom stereocenters. The van der Waals surface area contributed by atoms with Gasteiger partial charge in [0.2, 0.25) is 6.41 Å². The summed E-state index contributed by atoms with van der Waals surface area (Å²) in [6, 6.07) is 8.92. The van der Waals surface area contributed by atoms with Gasteiger partial charge in [0.05, 0.1) is 23.8 Å². The number of fused-ring (bicyclic) bond motifs is 1. The largest absolute Gasteiger partial charge is 0.483 e. The van der Waals surface area contributed by atoms with Gasteiger partial charge in [0.25, 0.3) is 11.2 Å². The molecule has 1 aromatic carbocycles. The Kier molecular flexibility index (Phi) is 5.51. The maximum Gasteiger partial charge on any atom is 0.270 e. The number of non-ortho nitro benzene ring substituents is 1. The van der Waals surface area contributed by atoms with Gasteiger partial charge in [-0.1, -0.05) is 6.07 Å². The molecule has 2 aromatic rings. The molecule has 0 saturated carbocycles. The van der Waals surface area contributed by atoms with E-state index < -0.39 is 10.5 Å². The number of hydroxylamine groups is 2. The van der Waals surface area contributed by atoms with Crippen LogP contribution in [0.3, 0.4) is 0 Å². The Morgan fingerprint density at radius 2 is 2.07 bits per heavy atom. The molecule has 0 fully saturated rings. The van der Waals surface area contributed by atoms with Crippen LogP contribution in [0, 0.1) is 10.1 Å². The fraction of sp³-hybridized carbons (Fsp3) is 0.300. The first-order valence-electron chi connectivity index (χ1n) is 9.03. The van der Waals surface area contributed by atoms with E-state index in [9.17, 15) is 19.7 Å². The summed E-state index contributed by atoms with van der Waals surface area (Å²) in [6.07, 6.45) is 2.12. The number of carbonyl (C=O) groups is 1. The van der Waals surface area contributed by atoms with Gasteiger partial charge in [-0.2, -0.15) is 0 Å². The van der Waals surface area contributed by atoms with Gasteiger partial charge in [-0.3, -0.25) is 29.1 Å². The maximum atomic E-state index is 12.6. The minimum Gasteiger partial charge on any atom is -0.483 e. The SMILES string of the molecule is CCON(C=O)CC1=C(n2ccccc2=O)c2cc([N+](=O)[O-])ccc2OC1(C)C. The molecule has 0 saturated heterocycles. The number of benzene rings is 1. The van der Waals surface area contributed by atoms with Crippen LogP contribution in [0.15, 0.2) is 53.0 Å². The number of nitro benzene ring substituents is 1. The molecule has 1 aliphatic rings. The van der Waals surface area contributed by atoms with Crippen LogP contribution < -0.4 is 10.3 Å². The summed E-state index contributed by atoms with van der Waals surface area (Å²) >= 11 is 0. The van der Waals surface area contributed by atoms with Gasteiger partial charge >= 0.3 is 0 Å². The first-order chi connectivity index (χ1) is 13.8. The molecule has 3 rings (SSSR count). The third-order valence-electron chi connectivity index (χ3n) is 4.60. The number of hydrogen-bond donors (Lipinski definition) is 0. The zero-order valence-electron chi connectivity index (χ0n) is 16.3. The Morgan fingerprint density at radius 3 is 2.69 bits per heavy atom. The number of pyridine rings is 1. The predicted octanol–water partition coefficient (Wildman–Crippen LogP) is 2.60. The number of hydrogen-bond acceptors (Lipinski definition) is 6. The van der Waals surface area contributed by atoms with E-state index >= 15 is 0 Å². The lowest BCUT2D eigenvalue weighted by atomic mass is 9.89. The smallest absolute Gasteiger partial charge is 0.270 e. The van der Waals surface area contributed by atoms with Gasteiger partial charge in [-0.25, -0.2) is 5.06 Å². The number of aromatic nitrogens is 1. The highest BCUT2D eigenvalue weighted by molar-refractivity contribution is 5.78. The van der Waals surface area contributed by atoms with Crippen LogP contribution in [-0.2, 0) is 9.63 Å². The molecule has 152 valence electrons. The van der Waals surface area contributed by atoms with Gasteiger partial charge < -0.3 is 4.74 Å². The summed E-state index contributed by atoms with van der Waals surface area (Å²) in [6.45, 7) is 5.64. The molecule has 0 radical (unpaired) electrons. The third-order valence-corrected chi connectivity index (χ3v) is 4.60. The summed E-state index contributed by atoms with van der Waals surface area (Å²) in [5, 5.41) is 12.4. The Hall–Kier alpha value is -3.46. The fourth-order valence-corrected chi connectivity index (χ4v) is 3.28. The van der Waals surface area contributed by atoms with Crippen molar-refractivity contribution in [1.82, 2.24) is 9.63 Å². The summed E-state index contributed by atoms with van der Waals surface area (Å²) in [5.74, 6) is 0.407. The van der Waals surface area contributed by atoms with Crippen molar-refractivity contribution in [3.05, 3.63) is 74.2 Å². The van der Waals surface area contributed by atoms with Crippen molar-refractivity contribution in [2.45, 2.75) is 26.4 Å². The highest BCUT2D eigenvalue weighted by Gasteiger charge is 2.38. The molecule has 1 aliphatic heterocycles. The van der Waals surface area contributed by atoms with E-state index in [0.717, 1.165) is 5.06 Å². The van der Waals surface area contributed by atoms with Crippen LogP contribution in [0.25, 0.3) is 5.70 Å². The van der Waals surface area contributed by atoms with Gasteiger partial charge in [0.15, 0.2) is 0 Å². The van der Waals surface area contributed by atoms with Crippen LogP contribution in [0.4, 0.5) is 5.69 Å². The zero-order chi connectivity index (χ0) is 21.2. The Balaban J connectivity index is 2.33. The van der Waals surface area contributed by atoms with E-state index in [4.69, 9.17) is 9.57 Å². The molecular formula is C20H21N3O6. The molecule has 9 nitrogen and oxygen atoms in total. The Bertz CT molecular complexity index is 1040. The van der Waals surface area contributed by atoms with Crippen LogP contribution in [0.5, 0.6) is 5.75 Å². The van der Waals surface area contributed by atoms with Crippen LogP contribution in [-0.4, -0.2) is 39.7 Å². The lowest BCUT2D eigenvalue weighted by Crippen LogP contribution is -2.42. The molecule has 1 aromatic heterocycles. The van der Waals surface area contributed by atoms with E-state index in [0.29, 0.717) is 29.0 Å². The Morgan fingerprint density at radius 1 is 1.31 bits per heavy atom. The lowest BCUT2D eigenvalue weighted by molar-refractivity contribution is -0.384. The molecule has 0 N–H and O–H groups in total. The van der Waals surface area contributed by atoms with E-state index in [1.54, 1.807) is 39.1 Å². The van der Waals surface area contributed by atoms with E-state index in [1.165, 1.54) is 28.8 Å². The topological polar surface area (TPSA) is 104 Å². The second kappa shape index (κ2) is 7.88. The molecule has 2 heterocycles. The molecule has 29 heavy (non-hydrogen) atoms. The van der Waals surface area contributed by atoms with E-state index in [1.807, 2.05) is 0 Å². The standard InChI is InChI=1S/C20H21N3O6/c1-4-28-21(13-24)12-16-19(22-10-6-5-7-18(22)25)15-11-14(23(26)27)8-9-17(15)29-20(16,2)3/h5-11,13H,4,12H2,1-3H3. The monoisotopic (exact) mass is 399 g/mol. The number of carbonyl (C=O) groups excluding carboxylic acids is 1. The molecular weight excluding hydrogens is 378 g/mol. The zero-order valence-corrected chi connectivity index (χ0v) is 16.3. The van der Waals surface area contributed by atoms with Crippen LogP contribution in [0.2, 0.25) is 0 Å². The number of amides is 1. The first-order valence-corrected chi connectivity index (χ1v) is 9.03. The van der Waals surface area contributed by atoms with Gasteiger partial charge in [-0.05, 0) is 32.9 Å². The van der Waals surface area contributed by atoms with Crippen LogP contribution >= 0.6 is 0 Å². The number of rotatable bonds is 7. The van der Waals surface area contributed by atoms with Gasteiger partial charge in [0.1, 0.15) is 11.4 Å². The van der Waals surface area contributed by atoms with Crippen molar-refractivity contribution in [2.24, 2.45) is 0 Å². The van der Waals surface area contributed by atoms with Crippen molar-refractivity contribution >= 4 is 17.8 Å². The second-order valence-electron chi connectivity index (χ2n) is 6.88. The first kappa shape index (κ1) is 20.3. The lowest BCUT2D eigenvalue weighted by Gasteiger charge is -2.38. The van der Waals surface area contributed by atoms with Crippen molar-refractivity contribution in [3.8, 4) is 5.75 Å². The van der Waals surface area contributed by atoms with E-state index in [-0.39, 0.29) is 24.4 Å². The van der Waals surface area contributed by atoms with Crippen molar-refractivity contribution in [1.29, 1.82) is 0 Å². The normalized spacial score (nSPS) is 14.7. The van der Waals surface area contributed by atoms with Crippen molar-refractivity contribution in [3.63, 3.8) is 0 Å². The van der Waals surface area contributed by atoms with Crippen molar-refractivity contribution in [2.75, 3.05) is 13.2 Å². The average molecular weight is 399 g/mol. The summed E-state index contributed by atoms with van der Waals surface area (Å²) < 4.78 is 7.49. The molecule has 1 amide bonds. The summed E-state index contributed by atoms with van der Waals surface area (Å²) in [5.41, 5.74) is 0.0290. The number of ether oxygens (including phenoxy) is 1. The van der Waals surface area contributed by atoms with Crippen molar-refractivity contribution < 1.29 is 19.3 Å². The molecule has 0 unspecified atom stereocenters. The summed E-state index contributed by atoms with van der Waals surface area (Å²) in [7, 11) is 0. The van der Waals surface area contributed by atoms with E-state index in [2.05, 4.69) is 0 Å². The second-order valence-corrected chi connectivity index (χ2v) is 6.88. The predicted molar refractivity (Wildman–Crippen MR) is 105 cm³/mol. The maximum absolute atomic E-state index is 12.6. The molecule has 0 aliphatic carbocycles. The minimum atomic E-state index is -0.911. The fourth-order valence-electron chi connectivity index (χ4n) is 3.28. The molecule has 0 spiro atoms. The Labute approximate surface area is 166 Å². The minimum absolute atomic E-state index is 0.0170. The van der Waals surface area contributed by atoms with Crippen LogP contribution in [0.1, 0.15) is 26.3 Å². The molecule has 0 bridgehead atoms. The summed E-state index contributed by atoms with van der Waals surface area (Å²) in [4.78, 5) is 40.2. The van der Waals surface area contributed by atoms with Gasteiger partial charge in [-0.15, -0.1) is 0 Å². The number of nitrogens with zero attached hydrogens (tertiary/aromatic N) is 3. The average Bonchev–Trinajstić information content (AvgIpc) is 2.68. The quantitative estimate of drug-likeness (QED) is 0.403. The highest BCUT2D eigenvalue weighted by Crippen LogP contribution is 2.42. The highest BCUT2D eigenvalue weighted by atomic mass is 16.7. The third kappa shape index (κ3) is 3.90. The molecule has 9 heteroatoms. The van der Waals surface area contributed by atoms with Gasteiger partial charge in [0, 0.05) is 35.5 Å².